The Kier molecular flexibility index (Phi) is 8.26. The van der Waals surface area contributed by atoms with E-state index in [0.717, 1.165) is 38.8 Å². The molecular formula is C34H61NO3Si. The number of aliphatic hydroxyl groups is 1. The second-order valence-electron chi connectivity index (χ2n) is 16.9. The van der Waals surface area contributed by atoms with E-state index in [1.165, 1.54) is 51.4 Å². The van der Waals surface area contributed by atoms with Crippen molar-refractivity contribution in [2.24, 2.45) is 46.3 Å². The number of hydrogen-bond acceptors (Lipinski definition) is 3. The van der Waals surface area contributed by atoms with Crippen molar-refractivity contribution in [1.29, 1.82) is 0 Å². The van der Waals surface area contributed by atoms with Crippen molar-refractivity contribution in [3.63, 3.8) is 0 Å². The van der Waals surface area contributed by atoms with Crippen LogP contribution < -0.4 is 0 Å². The van der Waals surface area contributed by atoms with E-state index in [2.05, 4.69) is 59.5 Å². The Labute approximate surface area is 241 Å². The Balaban J connectivity index is 1.25. The number of carbonyl (C=O) groups is 1. The molecule has 4 saturated carbocycles. The first-order valence-electron chi connectivity index (χ1n) is 16.8. The standard InChI is InChI=1S/C34H61NO3Si/c1-23(11-14-30(37)35-19-9-10-20-35)26-12-13-27-31-28(16-18-34(26,27)6)33(5)17-15-25(21-24(33)22-29(31)36)38-39(7,8)32(2,3)4/h23-29,31,36H,9-22H2,1-8H3/t23-,24+,25?,26-,27+,28+,29-,31+,33+,34-/m1/s1. The monoisotopic (exact) mass is 559 g/mol. The third-order valence-corrected chi connectivity index (χ3v) is 18.5. The predicted molar refractivity (Wildman–Crippen MR) is 163 cm³/mol. The number of hydrogen-bond donors (Lipinski definition) is 1. The number of aliphatic hydroxyl groups excluding tert-OH is 1. The minimum Gasteiger partial charge on any atom is -0.414 e. The topological polar surface area (TPSA) is 49.8 Å². The molecule has 1 heterocycles. The van der Waals surface area contributed by atoms with Gasteiger partial charge in [-0.2, -0.15) is 0 Å². The molecule has 5 aliphatic rings. The molecule has 1 amide bonds. The molecule has 1 unspecified atom stereocenters. The molecule has 0 radical (unpaired) electrons. The maximum atomic E-state index is 12.8. The number of fused-ring (bicyclic) bond motifs is 5. The lowest BCUT2D eigenvalue weighted by Crippen LogP contribution is -2.59. The van der Waals surface area contributed by atoms with Gasteiger partial charge >= 0.3 is 0 Å². The highest BCUT2D eigenvalue weighted by Crippen LogP contribution is 2.68. The van der Waals surface area contributed by atoms with E-state index >= 15 is 0 Å². The second-order valence-corrected chi connectivity index (χ2v) is 21.7. The zero-order valence-electron chi connectivity index (χ0n) is 26.7. The van der Waals surface area contributed by atoms with Crippen LogP contribution in [-0.4, -0.2) is 49.5 Å². The van der Waals surface area contributed by atoms with E-state index in [4.69, 9.17) is 4.43 Å². The van der Waals surface area contributed by atoms with Crippen LogP contribution in [0.15, 0.2) is 0 Å². The van der Waals surface area contributed by atoms with Crippen molar-refractivity contribution in [2.75, 3.05) is 13.1 Å². The van der Waals surface area contributed by atoms with Crippen LogP contribution in [0.5, 0.6) is 0 Å². The molecule has 0 aromatic heterocycles. The summed E-state index contributed by atoms with van der Waals surface area (Å²) in [6.45, 7) is 21.4. The van der Waals surface area contributed by atoms with E-state index in [-0.39, 0.29) is 11.1 Å². The molecule has 1 saturated heterocycles. The molecule has 0 aromatic rings. The van der Waals surface area contributed by atoms with Crippen molar-refractivity contribution in [1.82, 2.24) is 4.90 Å². The summed E-state index contributed by atoms with van der Waals surface area (Å²) in [6.07, 6.45) is 14.1. The Morgan fingerprint density at radius 3 is 2.31 bits per heavy atom. The smallest absolute Gasteiger partial charge is 0.222 e. The first kappa shape index (κ1) is 30.1. The minimum absolute atomic E-state index is 0.157. The maximum absolute atomic E-state index is 12.8. The van der Waals surface area contributed by atoms with Gasteiger partial charge in [0.05, 0.1) is 6.10 Å². The highest BCUT2D eigenvalue weighted by atomic mass is 28.4. The number of amides is 1. The molecule has 1 aliphatic heterocycles. The zero-order valence-corrected chi connectivity index (χ0v) is 27.7. The SMILES string of the molecule is C[C@H](CCC(=O)N1CCCC1)[C@H]1CC[C@H]2[C@@H]3[C@H](O)C[C@@H]4CC(O[Si](C)(C)C(C)(C)C)CC[C@]4(C)[C@H]3CC[C@]12C. The average molecular weight is 560 g/mol. The summed E-state index contributed by atoms with van der Waals surface area (Å²) in [7, 11) is -1.78. The van der Waals surface area contributed by atoms with E-state index < -0.39 is 8.32 Å². The summed E-state index contributed by atoms with van der Waals surface area (Å²) in [5, 5.41) is 12.1. The van der Waals surface area contributed by atoms with Crippen molar-refractivity contribution < 1.29 is 14.3 Å². The molecule has 1 N–H and O–H groups in total. The Bertz CT molecular complexity index is 893. The van der Waals surface area contributed by atoms with Gasteiger partial charge in [0.1, 0.15) is 0 Å². The molecule has 4 aliphatic carbocycles. The number of nitrogens with zero attached hydrogens (tertiary/aromatic N) is 1. The molecule has 0 bridgehead atoms. The largest absolute Gasteiger partial charge is 0.414 e. The van der Waals surface area contributed by atoms with E-state index in [1.54, 1.807) is 0 Å². The van der Waals surface area contributed by atoms with Crippen molar-refractivity contribution >= 4 is 14.2 Å². The summed E-state index contributed by atoms with van der Waals surface area (Å²) in [4.78, 5) is 14.9. The highest BCUT2D eigenvalue weighted by molar-refractivity contribution is 6.74. The van der Waals surface area contributed by atoms with Gasteiger partial charge in [-0.15, -0.1) is 0 Å². The van der Waals surface area contributed by atoms with Gasteiger partial charge in [0, 0.05) is 25.6 Å². The fourth-order valence-corrected chi connectivity index (χ4v) is 11.9. The van der Waals surface area contributed by atoms with Crippen LogP contribution >= 0.6 is 0 Å². The van der Waals surface area contributed by atoms with Crippen LogP contribution in [0.2, 0.25) is 18.1 Å². The van der Waals surface area contributed by atoms with E-state index in [0.29, 0.717) is 58.3 Å². The Hall–Kier alpha value is -0.393. The molecule has 5 fully saturated rings. The highest BCUT2D eigenvalue weighted by Gasteiger charge is 2.63. The van der Waals surface area contributed by atoms with Gasteiger partial charge in [-0.3, -0.25) is 4.79 Å². The van der Waals surface area contributed by atoms with Gasteiger partial charge in [0.25, 0.3) is 0 Å². The van der Waals surface area contributed by atoms with Crippen molar-refractivity contribution in [3.8, 4) is 0 Å². The third kappa shape index (κ3) is 5.33. The van der Waals surface area contributed by atoms with Crippen molar-refractivity contribution in [3.05, 3.63) is 0 Å². The lowest BCUT2D eigenvalue weighted by Gasteiger charge is -2.63. The quantitative estimate of drug-likeness (QED) is 0.335. The minimum atomic E-state index is -1.78. The van der Waals surface area contributed by atoms with Crippen LogP contribution in [0.4, 0.5) is 0 Å². The fraction of sp³-hybridized carbons (Fsp3) is 0.971. The zero-order chi connectivity index (χ0) is 28.4. The molecule has 39 heavy (non-hydrogen) atoms. The molecule has 224 valence electrons. The third-order valence-electron chi connectivity index (χ3n) is 13.9. The Morgan fingerprint density at radius 2 is 1.64 bits per heavy atom. The predicted octanol–water partition coefficient (Wildman–Crippen LogP) is 8.05. The van der Waals surface area contributed by atoms with Gasteiger partial charge in [0.2, 0.25) is 5.91 Å². The second kappa shape index (κ2) is 10.7. The maximum Gasteiger partial charge on any atom is 0.222 e. The van der Waals surface area contributed by atoms with Gasteiger partial charge in [-0.25, -0.2) is 0 Å². The lowest BCUT2D eigenvalue weighted by atomic mass is 9.43. The molecule has 5 heteroatoms. The molecular weight excluding hydrogens is 498 g/mol. The van der Waals surface area contributed by atoms with Gasteiger partial charge in [-0.05, 0) is 135 Å². The molecule has 0 aromatic carbocycles. The lowest BCUT2D eigenvalue weighted by molar-refractivity contribution is -0.173. The summed E-state index contributed by atoms with van der Waals surface area (Å²) in [5.74, 6) is 4.03. The van der Waals surface area contributed by atoms with Crippen LogP contribution in [0, 0.1) is 46.3 Å². The van der Waals surface area contributed by atoms with Crippen molar-refractivity contribution in [2.45, 2.75) is 149 Å². The summed E-state index contributed by atoms with van der Waals surface area (Å²) < 4.78 is 6.94. The van der Waals surface area contributed by atoms with E-state index in [9.17, 15) is 9.90 Å². The first-order valence-corrected chi connectivity index (χ1v) is 19.7. The number of likely N-dealkylation sites (tertiary alicyclic amines) is 1. The van der Waals surface area contributed by atoms with Gasteiger partial charge in [0.15, 0.2) is 8.32 Å². The van der Waals surface area contributed by atoms with Crippen LogP contribution in [0.1, 0.15) is 119 Å². The van der Waals surface area contributed by atoms with Gasteiger partial charge < -0.3 is 14.4 Å². The molecule has 0 spiro atoms. The average Bonchev–Trinajstić information content (AvgIpc) is 3.50. The number of carbonyl (C=O) groups excluding carboxylic acids is 1. The van der Waals surface area contributed by atoms with Gasteiger partial charge in [-0.1, -0.05) is 41.5 Å². The molecule has 10 atom stereocenters. The molecule has 5 rings (SSSR count). The summed E-state index contributed by atoms with van der Waals surface area (Å²) >= 11 is 0. The molecule has 4 nitrogen and oxygen atoms in total. The van der Waals surface area contributed by atoms with Crippen LogP contribution in [0.3, 0.4) is 0 Å². The van der Waals surface area contributed by atoms with Crippen LogP contribution in [-0.2, 0) is 9.22 Å². The van der Waals surface area contributed by atoms with Crippen LogP contribution in [0.25, 0.3) is 0 Å². The fourth-order valence-electron chi connectivity index (χ4n) is 10.5. The van der Waals surface area contributed by atoms with E-state index in [1.807, 2.05) is 0 Å². The Morgan fingerprint density at radius 1 is 1.00 bits per heavy atom. The summed E-state index contributed by atoms with van der Waals surface area (Å²) in [5.41, 5.74) is 0.675. The normalized spacial score (nSPS) is 43.5. The summed E-state index contributed by atoms with van der Waals surface area (Å²) in [6, 6.07) is 0. The number of rotatable bonds is 6. The first-order chi connectivity index (χ1) is 18.2.